The Morgan fingerprint density at radius 3 is 2.72 bits per heavy atom. The summed E-state index contributed by atoms with van der Waals surface area (Å²) >= 11 is 0. The maximum atomic E-state index is 14.6. The summed E-state index contributed by atoms with van der Waals surface area (Å²) < 4.78 is 60.5. The number of nitrogens with zero attached hydrogens (tertiary/aromatic N) is 2. The van der Waals surface area contributed by atoms with Crippen molar-refractivity contribution in [2.75, 3.05) is 17.7 Å². The largest absolute Gasteiger partial charge is 0.492 e. The van der Waals surface area contributed by atoms with Gasteiger partial charge in [-0.25, -0.2) is 27.2 Å². The van der Waals surface area contributed by atoms with E-state index in [1.165, 1.54) is 19.2 Å². The molecule has 0 bridgehead atoms. The maximum absolute atomic E-state index is 14.6. The second kappa shape index (κ2) is 8.01. The van der Waals surface area contributed by atoms with Gasteiger partial charge < -0.3 is 15.8 Å². The van der Waals surface area contributed by atoms with Crippen molar-refractivity contribution in [3.8, 4) is 5.75 Å². The van der Waals surface area contributed by atoms with Crippen LogP contribution in [0.1, 0.15) is 35.8 Å². The quantitative estimate of drug-likeness (QED) is 0.596. The van der Waals surface area contributed by atoms with Crippen LogP contribution in [0.5, 0.6) is 5.75 Å². The van der Waals surface area contributed by atoms with Gasteiger partial charge in [0.25, 0.3) is 5.91 Å². The first-order valence-electron chi connectivity index (χ1n) is 9.80. The van der Waals surface area contributed by atoms with E-state index in [1.807, 2.05) is 4.72 Å². The van der Waals surface area contributed by atoms with Gasteiger partial charge in [0.1, 0.15) is 17.0 Å². The number of halogens is 2. The molecule has 1 aliphatic carbocycles. The smallest absolute Gasteiger partial charge is 0.274 e. The van der Waals surface area contributed by atoms with Crippen LogP contribution in [0.3, 0.4) is 0 Å². The monoisotopic (exact) mass is 465 g/mol. The molecular formula is C20H21F2N5O4S. The molecule has 9 nitrogen and oxygen atoms in total. The van der Waals surface area contributed by atoms with Crippen molar-refractivity contribution in [1.29, 1.82) is 0 Å². The number of pyridine rings is 1. The van der Waals surface area contributed by atoms with Gasteiger partial charge in [-0.1, -0.05) is 0 Å². The number of guanidine groups is 1. The second-order valence-corrected chi connectivity index (χ2v) is 9.76. The van der Waals surface area contributed by atoms with Crippen molar-refractivity contribution in [1.82, 2.24) is 9.71 Å². The van der Waals surface area contributed by atoms with Crippen LogP contribution in [0.4, 0.5) is 14.5 Å². The summed E-state index contributed by atoms with van der Waals surface area (Å²) in [4.78, 5) is 20.5. The molecule has 2 heterocycles. The molecule has 12 heteroatoms. The molecule has 1 amide bonds. The third kappa shape index (κ3) is 4.79. The zero-order chi connectivity index (χ0) is 23.1. The topological polar surface area (TPSA) is 136 Å². The Labute approximate surface area is 183 Å². The van der Waals surface area contributed by atoms with Gasteiger partial charge in [-0.05, 0) is 43.9 Å². The maximum Gasteiger partial charge on any atom is 0.274 e. The average Bonchev–Trinajstić information content (AvgIpc) is 3.52. The number of anilines is 1. The highest BCUT2D eigenvalue weighted by molar-refractivity contribution is 7.90. The van der Waals surface area contributed by atoms with Crippen molar-refractivity contribution < 1.29 is 26.7 Å². The first kappa shape index (κ1) is 21.9. The van der Waals surface area contributed by atoms with Crippen LogP contribution in [-0.4, -0.2) is 37.6 Å². The molecule has 4 rings (SSSR count). The Morgan fingerprint density at radius 2 is 2.09 bits per heavy atom. The minimum Gasteiger partial charge on any atom is -0.492 e. The molecule has 0 radical (unpaired) electrons. The van der Waals surface area contributed by atoms with E-state index in [-0.39, 0.29) is 16.9 Å². The molecule has 2 aromatic rings. The molecule has 0 unspecified atom stereocenters. The summed E-state index contributed by atoms with van der Waals surface area (Å²) in [5, 5.41) is 2.44. The molecule has 0 spiro atoms. The van der Waals surface area contributed by atoms with Gasteiger partial charge in [-0.2, -0.15) is 0 Å². The molecule has 2 aliphatic rings. The lowest BCUT2D eigenvalue weighted by Crippen LogP contribution is -2.49. The zero-order valence-electron chi connectivity index (χ0n) is 17.1. The minimum absolute atomic E-state index is 0.0352. The molecule has 1 saturated carbocycles. The number of aliphatic imine (C=N–C) groups is 1. The van der Waals surface area contributed by atoms with E-state index < -0.39 is 44.8 Å². The number of carbonyl (C=O) groups excluding carboxylic acids is 1. The van der Waals surface area contributed by atoms with E-state index in [2.05, 4.69) is 15.3 Å². The summed E-state index contributed by atoms with van der Waals surface area (Å²) in [6.45, 7) is 1.91. The zero-order valence-corrected chi connectivity index (χ0v) is 17.9. The van der Waals surface area contributed by atoms with Crippen molar-refractivity contribution in [3.05, 3.63) is 53.4 Å². The first-order chi connectivity index (χ1) is 15.0. The van der Waals surface area contributed by atoms with Crippen LogP contribution in [0, 0.1) is 17.6 Å². The Hall–Kier alpha value is -3.28. The lowest BCUT2D eigenvalue weighted by atomic mass is 9.93. The van der Waals surface area contributed by atoms with E-state index in [1.54, 1.807) is 6.07 Å². The minimum atomic E-state index is -3.91. The number of carbonyl (C=O) groups is 1. The molecule has 1 aromatic heterocycles. The molecule has 1 aliphatic heterocycles. The van der Waals surface area contributed by atoms with Gasteiger partial charge in [0.2, 0.25) is 16.0 Å². The van der Waals surface area contributed by atoms with Crippen molar-refractivity contribution >= 4 is 27.6 Å². The number of rotatable bonds is 6. The van der Waals surface area contributed by atoms with Crippen molar-refractivity contribution in [2.45, 2.75) is 25.3 Å². The van der Waals surface area contributed by atoms with Gasteiger partial charge >= 0.3 is 0 Å². The van der Waals surface area contributed by atoms with Gasteiger partial charge in [0, 0.05) is 17.3 Å². The summed E-state index contributed by atoms with van der Waals surface area (Å²) in [6.07, 6.45) is 3.69. The number of hydrogen-bond donors (Lipinski definition) is 3. The van der Waals surface area contributed by atoms with Crippen LogP contribution < -0.4 is 20.5 Å². The lowest BCUT2D eigenvalue weighted by Gasteiger charge is -2.30. The Morgan fingerprint density at radius 1 is 1.34 bits per heavy atom. The van der Waals surface area contributed by atoms with Crippen molar-refractivity contribution in [3.63, 3.8) is 0 Å². The van der Waals surface area contributed by atoms with Crippen LogP contribution in [-0.2, 0) is 15.6 Å². The number of sulfonamides is 1. The Balaban J connectivity index is 1.56. The number of benzene rings is 1. The molecule has 4 N–H and O–H groups in total. The number of ether oxygens (including phenoxy) is 1. The molecular weight excluding hydrogens is 444 g/mol. The van der Waals surface area contributed by atoms with E-state index in [9.17, 15) is 22.0 Å². The van der Waals surface area contributed by atoms with E-state index in [0.717, 1.165) is 25.0 Å². The normalized spacial score (nSPS) is 21.9. The SMILES string of the molecule is C[C@@]1(c2cc(NC(=O)c3ccc(OCC4CC4)cn3)cc(F)c2F)CS(=O)(=O)NC(N)=N1. The van der Waals surface area contributed by atoms with Gasteiger partial charge in [-0.3, -0.25) is 9.52 Å². The summed E-state index contributed by atoms with van der Waals surface area (Å²) in [5.74, 6) is -3.23. The van der Waals surface area contributed by atoms with Gasteiger partial charge in [0.15, 0.2) is 11.6 Å². The fraction of sp³-hybridized carbons (Fsp3) is 0.350. The Kier molecular flexibility index (Phi) is 5.49. The fourth-order valence-corrected chi connectivity index (χ4v) is 4.77. The van der Waals surface area contributed by atoms with E-state index in [4.69, 9.17) is 10.5 Å². The van der Waals surface area contributed by atoms with Crippen molar-refractivity contribution in [2.24, 2.45) is 16.6 Å². The third-order valence-corrected chi connectivity index (χ3v) is 6.58. The van der Waals surface area contributed by atoms with E-state index >= 15 is 0 Å². The number of hydrogen-bond acceptors (Lipinski definition) is 7. The predicted octanol–water partition coefficient (Wildman–Crippen LogP) is 1.86. The summed E-state index contributed by atoms with van der Waals surface area (Å²) in [5.41, 5.74) is 3.40. The molecule has 170 valence electrons. The first-order valence-corrected chi connectivity index (χ1v) is 11.5. The Bertz CT molecular complexity index is 1200. The third-order valence-electron chi connectivity index (χ3n) is 5.12. The number of nitrogens with one attached hydrogen (secondary N) is 2. The molecule has 32 heavy (non-hydrogen) atoms. The molecule has 1 aromatic carbocycles. The van der Waals surface area contributed by atoms with Crippen LogP contribution in [0.15, 0.2) is 35.5 Å². The summed E-state index contributed by atoms with van der Waals surface area (Å²) in [7, 11) is -3.91. The van der Waals surface area contributed by atoms with E-state index in [0.29, 0.717) is 18.3 Å². The molecule has 1 fully saturated rings. The lowest BCUT2D eigenvalue weighted by molar-refractivity contribution is 0.102. The fourth-order valence-electron chi connectivity index (χ4n) is 3.37. The highest BCUT2D eigenvalue weighted by Crippen LogP contribution is 2.34. The second-order valence-electron chi connectivity index (χ2n) is 8.04. The number of aromatic nitrogens is 1. The van der Waals surface area contributed by atoms with Crippen LogP contribution in [0.25, 0.3) is 0 Å². The number of nitrogens with two attached hydrogens (primary N) is 1. The van der Waals surface area contributed by atoms with Crippen LogP contribution in [0.2, 0.25) is 0 Å². The summed E-state index contributed by atoms with van der Waals surface area (Å²) in [6, 6.07) is 4.96. The predicted molar refractivity (Wildman–Crippen MR) is 113 cm³/mol. The molecule has 0 saturated heterocycles. The highest BCUT2D eigenvalue weighted by atomic mass is 32.2. The van der Waals surface area contributed by atoms with Crippen LogP contribution >= 0.6 is 0 Å². The van der Waals surface area contributed by atoms with Gasteiger partial charge in [0.05, 0.1) is 18.6 Å². The molecule has 1 atom stereocenters. The van der Waals surface area contributed by atoms with Gasteiger partial charge in [-0.15, -0.1) is 0 Å². The number of amides is 1. The average molecular weight is 465 g/mol. The highest BCUT2D eigenvalue weighted by Gasteiger charge is 2.40. The standard InChI is InChI=1S/C20H21F2N5O4S/c1-20(10-32(29,30)27-19(23)26-20)14-6-12(7-15(21)17(14)22)25-18(28)16-5-4-13(8-24-16)31-9-11-2-3-11/h4-8,11H,2-3,9-10H2,1H3,(H,25,28)(H3,23,26,27)/t20-/m0/s1.